The minimum Gasteiger partial charge on any atom is -0.369 e. The molecule has 3 aromatic rings. The van der Waals surface area contributed by atoms with Gasteiger partial charge in [-0.3, -0.25) is 0 Å². The lowest BCUT2D eigenvalue weighted by atomic mass is 10.1. The number of benzene rings is 2. The molecule has 9 nitrogen and oxygen atoms in total. The van der Waals surface area contributed by atoms with Crippen molar-refractivity contribution in [1.82, 2.24) is 20.6 Å². The number of piperidine rings is 1. The summed E-state index contributed by atoms with van der Waals surface area (Å²) in [6, 6.07) is 16.6. The van der Waals surface area contributed by atoms with Crippen LogP contribution in [0.1, 0.15) is 38.2 Å². The van der Waals surface area contributed by atoms with Crippen molar-refractivity contribution in [3.8, 4) is 11.4 Å². The SMILES string of the molecule is CC1CCCN1c1cccc(Nc2nc(-c3cccc(CNC4CCNCC4)c3)nc3c2N(OC(=O)C(F)(F)F)CS3)c1. The van der Waals surface area contributed by atoms with E-state index in [1.807, 2.05) is 48.5 Å². The van der Waals surface area contributed by atoms with Gasteiger partial charge in [0.1, 0.15) is 10.9 Å². The number of alkyl halides is 3. The molecule has 3 N–H and O–H groups in total. The van der Waals surface area contributed by atoms with Crippen molar-refractivity contribution in [3.63, 3.8) is 0 Å². The van der Waals surface area contributed by atoms with E-state index >= 15 is 0 Å². The summed E-state index contributed by atoms with van der Waals surface area (Å²) in [6.45, 7) is 5.86. The second-order valence-electron chi connectivity index (χ2n) is 11.0. The van der Waals surface area contributed by atoms with Gasteiger partial charge in [0, 0.05) is 42.1 Å². The summed E-state index contributed by atoms with van der Waals surface area (Å²) in [7, 11) is 0. The van der Waals surface area contributed by atoms with Gasteiger partial charge in [0.15, 0.2) is 17.3 Å². The van der Waals surface area contributed by atoms with Crippen LogP contribution in [0, 0.1) is 0 Å². The number of hydroxylamine groups is 1. The number of fused-ring (bicyclic) bond motifs is 1. The van der Waals surface area contributed by atoms with E-state index in [1.165, 1.54) is 11.8 Å². The predicted octanol–water partition coefficient (Wildman–Crippen LogP) is 5.61. The number of rotatable bonds is 8. The third-order valence-electron chi connectivity index (χ3n) is 7.96. The van der Waals surface area contributed by atoms with Crippen LogP contribution in [0.3, 0.4) is 0 Å². The molecule has 3 aliphatic rings. The fourth-order valence-corrected chi connectivity index (χ4v) is 6.62. The fourth-order valence-electron chi connectivity index (χ4n) is 5.71. The van der Waals surface area contributed by atoms with E-state index in [9.17, 15) is 18.0 Å². The molecule has 228 valence electrons. The van der Waals surface area contributed by atoms with Crippen molar-refractivity contribution in [2.24, 2.45) is 0 Å². The highest BCUT2D eigenvalue weighted by Gasteiger charge is 2.44. The summed E-state index contributed by atoms with van der Waals surface area (Å²) in [5.74, 6) is -1.67. The van der Waals surface area contributed by atoms with Gasteiger partial charge in [0.2, 0.25) is 0 Å². The molecule has 0 spiro atoms. The molecular weight excluding hydrogens is 579 g/mol. The molecule has 0 bridgehead atoms. The monoisotopic (exact) mass is 613 g/mol. The Bertz CT molecular complexity index is 1470. The topological polar surface area (TPSA) is 94.7 Å². The van der Waals surface area contributed by atoms with Gasteiger partial charge in [-0.2, -0.15) is 18.2 Å². The predicted molar refractivity (Wildman–Crippen MR) is 161 cm³/mol. The Balaban J connectivity index is 1.31. The number of carbonyl (C=O) groups is 1. The van der Waals surface area contributed by atoms with E-state index in [0.29, 0.717) is 35.2 Å². The normalized spacial score (nSPS) is 19.0. The van der Waals surface area contributed by atoms with Gasteiger partial charge in [-0.25, -0.2) is 14.8 Å². The molecule has 2 fully saturated rings. The first-order chi connectivity index (χ1) is 20.7. The van der Waals surface area contributed by atoms with Crippen LogP contribution in [0.5, 0.6) is 0 Å². The van der Waals surface area contributed by atoms with Gasteiger partial charge < -0.3 is 25.7 Å². The van der Waals surface area contributed by atoms with Crippen molar-refractivity contribution in [2.45, 2.75) is 62.4 Å². The Kier molecular flexibility index (Phi) is 8.64. The van der Waals surface area contributed by atoms with E-state index in [1.54, 1.807) is 0 Å². The van der Waals surface area contributed by atoms with Crippen LogP contribution >= 0.6 is 11.8 Å². The van der Waals surface area contributed by atoms with E-state index in [2.05, 4.69) is 32.8 Å². The minimum atomic E-state index is -5.13. The number of hydrogen-bond acceptors (Lipinski definition) is 10. The zero-order chi connectivity index (χ0) is 30.0. The molecular formula is C30H34F3N7O2S. The molecule has 2 saturated heterocycles. The molecule has 43 heavy (non-hydrogen) atoms. The van der Waals surface area contributed by atoms with Crippen LogP contribution in [-0.4, -0.2) is 59.7 Å². The van der Waals surface area contributed by atoms with E-state index in [4.69, 9.17) is 9.82 Å². The summed E-state index contributed by atoms with van der Waals surface area (Å²) < 4.78 is 39.3. The molecule has 3 aliphatic heterocycles. The molecule has 13 heteroatoms. The standard InChI is InChI=1S/C30H34F3N7O2S/c1-19-5-4-14-39(19)24-9-3-8-23(16-24)36-27-25-28(43-18-40(25)42-29(41)30(31,32)33)38-26(37-27)21-7-2-6-20(15-21)17-35-22-10-12-34-13-11-22/h2-3,6-9,15-16,19,22,34-35H,4-5,10-14,17-18H2,1H3,(H,36,37,38). The van der Waals surface area contributed by atoms with Gasteiger partial charge in [-0.1, -0.05) is 36.0 Å². The van der Waals surface area contributed by atoms with Crippen molar-refractivity contribution in [1.29, 1.82) is 0 Å². The lowest BCUT2D eigenvalue weighted by molar-refractivity contribution is -0.200. The summed E-state index contributed by atoms with van der Waals surface area (Å²) in [5, 5.41) is 11.6. The molecule has 4 heterocycles. The summed E-state index contributed by atoms with van der Waals surface area (Å²) >= 11 is 1.18. The lowest BCUT2D eigenvalue weighted by Crippen LogP contribution is -2.39. The molecule has 0 aliphatic carbocycles. The molecule has 0 radical (unpaired) electrons. The number of aromatic nitrogens is 2. The number of hydrogen-bond donors (Lipinski definition) is 3. The first kappa shape index (κ1) is 29.5. The number of anilines is 4. The van der Waals surface area contributed by atoms with Crippen LogP contribution < -0.4 is 25.9 Å². The maximum Gasteiger partial charge on any atom is 0.493 e. The molecule has 0 saturated carbocycles. The smallest absolute Gasteiger partial charge is 0.369 e. The summed E-state index contributed by atoms with van der Waals surface area (Å²) in [6.07, 6.45) is -0.750. The van der Waals surface area contributed by atoms with E-state index in [0.717, 1.165) is 67.2 Å². The van der Waals surface area contributed by atoms with E-state index < -0.39 is 12.1 Å². The quantitative estimate of drug-likeness (QED) is 0.279. The zero-order valence-electron chi connectivity index (χ0n) is 23.8. The van der Waals surface area contributed by atoms with Crippen LogP contribution in [0.2, 0.25) is 0 Å². The Labute approximate surface area is 252 Å². The largest absolute Gasteiger partial charge is 0.493 e. The van der Waals surface area contributed by atoms with Crippen molar-refractivity contribution < 1.29 is 22.8 Å². The zero-order valence-corrected chi connectivity index (χ0v) is 24.6. The van der Waals surface area contributed by atoms with Gasteiger partial charge >= 0.3 is 12.1 Å². The Morgan fingerprint density at radius 3 is 2.70 bits per heavy atom. The van der Waals surface area contributed by atoms with Gasteiger partial charge in [0.25, 0.3) is 0 Å². The van der Waals surface area contributed by atoms with Crippen LogP contribution in [0.4, 0.5) is 36.1 Å². The highest BCUT2D eigenvalue weighted by Crippen LogP contribution is 2.44. The Hall–Kier alpha value is -3.55. The molecule has 1 atom stereocenters. The van der Waals surface area contributed by atoms with Gasteiger partial charge in [-0.15, -0.1) is 0 Å². The molecule has 1 unspecified atom stereocenters. The third kappa shape index (κ3) is 6.84. The van der Waals surface area contributed by atoms with Gasteiger partial charge in [0.05, 0.1) is 0 Å². The summed E-state index contributed by atoms with van der Waals surface area (Å²) in [4.78, 5) is 28.3. The average molecular weight is 614 g/mol. The second-order valence-corrected chi connectivity index (χ2v) is 12.0. The Morgan fingerprint density at radius 2 is 1.93 bits per heavy atom. The van der Waals surface area contributed by atoms with E-state index in [-0.39, 0.29) is 17.4 Å². The fraction of sp³-hybridized carbons (Fsp3) is 0.433. The Morgan fingerprint density at radius 1 is 1.12 bits per heavy atom. The maximum absolute atomic E-state index is 13.1. The number of nitrogens with one attached hydrogen (secondary N) is 3. The lowest BCUT2D eigenvalue weighted by Gasteiger charge is -2.25. The van der Waals surface area contributed by atoms with Crippen LogP contribution in [0.15, 0.2) is 53.6 Å². The first-order valence-electron chi connectivity index (χ1n) is 14.5. The third-order valence-corrected chi connectivity index (χ3v) is 8.88. The molecule has 1 aromatic heterocycles. The highest BCUT2D eigenvalue weighted by molar-refractivity contribution is 7.99. The summed E-state index contributed by atoms with van der Waals surface area (Å²) in [5.41, 5.74) is 3.80. The van der Waals surface area contributed by atoms with Crippen molar-refractivity contribution >= 4 is 40.6 Å². The minimum absolute atomic E-state index is 0.0461. The number of thioether (sulfide) groups is 1. The number of halogens is 3. The number of carbonyl (C=O) groups excluding carboxylic acids is 1. The van der Waals surface area contributed by atoms with Gasteiger partial charge in [-0.05, 0) is 75.5 Å². The average Bonchev–Trinajstić information content (AvgIpc) is 3.62. The van der Waals surface area contributed by atoms with Crippen LogP contribution in [-0.2, 0) is 16.2 Å². The highest BCUT2D eigenvalue weighted by atomic mass is 32.2. The van der Waals surface area contributed by atoms with Crippen molar-refractivity contribution in [3.05, 3.63) is 54.1 Å². The molecule has 6 rings (SSSR count). The molecule has 0 amide bonds. The van der Waals surface area contributed by atoms with Crippen LogP contribution in [0.25, 0.3) is 11.4 Å². The molecule has 2 aromatic carbocycles. The number of nitrogens with zero attached hydrogens (tertiary/aromatic N) is 4. The first-order valence-corrected chi connectivity index (χ1v) is 15.5. The van der Waals surface area contributed by atoms with Crippen molar-refractivity contribution in [2.75, 3.05) is 40.8 Å². The maximum atomic E-state index is 13.1. The second kappa shape index (κ2) is 12.6.